The molecular weight excluding hydrogens is 1180 g/mol. The molecule has 0 spiro atoms. The second-order valence-electron chi connectivity index (χ2n) is 24.3. The fraction of sp³-hybridized carbons (Fsp3) is 0.531. The van der Waals surface area contributed by atoms with E-state index >= 15 is 0 Å². The molecule has 4 unspecified atom stereocenters. The quantitative estimate of drug-likeness (QED) is 0.191. The normalized spacial score (nSPS) is 22.6. The van der Waals surface area contributed by atoms with E-state index in [1.54, 1.807) is 77.9 Å². The van der Waals surface area contributed by atoms with E-state index in [1.807, 2.05) is 19.1 Å². The predicted octanol–water partition coefficient (Wildman–Crippen LogP) is 1.59. The largest absolute Gasteiger partial charge is 0.497 e. The Morgan fingerprint density at radius 3 is 1.37 bits per heavy atom. The predicted molar refractivity (Wildman–Crippen MR) is 331 cm³/mol. The Morgan fingerprint density at radius 1 is 0.560 bits per heavy atom. The molecule has 5 heterocycles. The SMILES string of the molecule is COc1ccc2nc(C(=O)NC3COC(=O)C(C(C)C)N(C)C(=O)CN(C)C(=O)CNC(=O)[C@@H]4CCCCN4C(=O)C(NC(=O)c4nc5ccc(C)cc5cc4C)COC(=O)C(C(C)C)N(C)C(=O)CN(C)C(=O)CNC(=O)[C@@H]4CCCCN4C3=O)c(C)cc2c1. The minimum Gasteiger partial charge on any atom is -0.497 e. The van der Waals surface area contributed by atoms with Gasteiger partial charge in [0, 0.05) is 52.1 Å². The van der Waals surface area contributed by atoms with Crippen molar-refractivity contribution in [2.45, 2.75) is 123 Å². The highest BCUT2D eigenvalue weighted by Crippen LogP contribution is 2.26. The number of cyclic esters (lactones) is 2. The number of carbonyl (C=O) groups excluding carboxylic acids is 12. The van der Waals surface area contributed by atoms with Crippen molar-refractivity contribution in [3.8, 4) is 5.75 Å². The van der Waals surface area contributed by atoms with E-state index in [0.717, 1.165) is 30.5 Å². The zero-order valence-corrected chi connectivity index (χ0v) is 53.8. The van der Waals surface area contributed by atoms with Gasteiger partial charge in [-0.15, -0.1) is 0 Å². The van der Waals surface area contributed by atoms with Crippen LogP contribution in [0.25, 0.3) is 21.8 Å². The molecule has 0 aliphatic carbocycles. The minimum absolute atomic E-state index is 0.0196. The van der Waals surface area contributed by atoms with E-state index in [0.29, 0.717) is 59.0 Å². The second kappa shape index (κ2) is 30.5. The van der Waals surface area contributed by atoms with Crippen LogP contribution in [0.1, 0.15) is 104 Å². The van der Waals surface area contributed by atoms with Crippen LogP contribution in [-0.2, 0) is 57.4 Å². The van der Waals surface area contributed by atoms with E-state index in [4.69, 9.17) is 14.2 Å². The highest BCUT2D eigenvalue weighted by atomic mass is 16.5. The van der Waals surface area contributed by atoms with Gasteiger partial charge < -0.3 is 64.9 Å². The highest BCUT2D eigenvalue weighted by molar-refractivity contribution is 6.02. The minimum atomic E-state index is -1.63. The molecule has 3 saturated heterocycles. The topological polar surface area (TPSA) is 326 Å². The Labute approximate surface area is 528 Å². The molecule has 2 aromatic heterocycles. The van der Waals surface area contributed by atoms with Crippen molar-refractivity contribution in [1.82, 2.24) is 60.6 Å². The van der Waals surface area contributed by atoms with Gasteiger partial charge in [-0.25, -0.2) is 19.6 Å². The molecule has 3 aliphatic rings. The molecule has 4 aromatic rings. The van der Waals surface area contributed by atoms with Crippen LogP contribution in [0.4, 0.5) is 0 Å². The van der Waals surface area contributed by atoms with Crippen LogP contribution in [0.5, 0.6) is 5.75 Å². The van der Waals surface area contributed by atoms with Crippen molar-refractivity contribution in [2.24, 2.45) is 11.8 Å². The fourth-order valence-electron chi connectivity index (χ4n) is 11.6. The number of fused-ring (bicyclic) bond motifs is 4. The van der Waals surface area contributed by atoms with E-state index in [1.165, 1.54) is 45.1 Å². The van der Waals surface area contributed by atoms with Crippen LogP contribution < -0.4 is 26.0 Å². The number of benzene rings is 2. The monoisotopic (exact) mass is 1260 g/mol. The average molecular weight is 1260 g/mol. The summed E-state index contributed by atoms with van der Waals surface area (Å²) >= 11 is 0. The first kappa shape index (κ1) is 69.2. The van der Waals surface area contributed by atoms with Gasteiger partial charge in [0.2, 0.25) is 47.3 Å². The standard InChI is InChI=1S/C64H84N12O15/c1-35(2)55-63(87)90-33-45(69-59(83)53-38(6)26-40-25-37(5)19-21-43(40)67-53)61(85)75-23-15-13-17-47(75)57(81)65-29-49(77)72(9)32-52(80)74(11)56(36(3)4)64(88)91-34-46(70-60(84)54-39(7)27-41-28-42(89-12)20-22-44(41)68-54)62(86)76-24-16-14-18-48(76)58(82)66-30-50(78)71(8)31-51(79)73(55)10/h19-22,25-28,35-36,45-48,55-56H,13-18,23-24,29-34H2,1-12H3,(H,65,81)(H,66,82)(H,69,83)(H,70,84)/t45?,46?,47-,48-,55?,56?/m0/s1. The molecule has 490 valence electrons. The number of likely N-dealkylation sites (N-methyl/N-ethyl adjacent to an activating group) is 4. The summed E-state index contributed by atoms with van der Waals surface area (Å²) in [5.74, 6) is -10.1. The van der Waals surface area contributed by atoms with E-state index < -0.39 is 158 Å². The lowest BCUT2D eigenvalue weighted by Crippen LogP contribution is -2.59. The number of hydrogen-bond donors (Lipinski definition) is 4. The number of rotatable bonds is 7. The van der Waals surface area contributed by atoms with Gasteiger partial charge in [-0.1, -0.05) is 39.3 Å². The molecule has 2 aromatic carbocycles. The Bertz CT molecular complexity index is 3480. The molecule has 3 aliphatic heterocycles. The third kappa shape index (κ3) is 16.8. The molecule has 27 heteroatoms. The molecule has 0 radical (unpaired) electrons. The maximum Gasteiger partial charge on any atom is 0.329 e. The van der Waals surface area contributed by atoms with Crippen LogP contribution in [0, 0.1) is 32.6 Å². The van der Waals surface area contributed by atoms with Crippen molar-refractivity contribution in [3.05, 3.63) is 76.6 Å². The van der Waals surface area contributed by atoms with Gasteiger partial charge in [0.15, 0.2) is 0 Å². The Hall–Kier alpha value is -9.30. The lowest BCUT2D eigenvalue weighted by atomic mass is 10.00. The molecule has 4 N–H and O–H groups in total. The summed E-state index contributed by atoms with van der Waals surface area (Å²) in [5.41, 5.74) is 2.73. The van der Waals surface area contributed by atoms with Crippen LogP contribution in [0.2, 0.25) is 0 Å². The first-order valence-electron chi connectivity index (χ1n) is 30.5. The number of amides is 10. The Balaban J connectivity index is 1.18. The number of esters is 2. The third-order valence-electron chi connectivity index (χ3n) is 16.8. The van der Waals surface area contributed by atoms with Gasteiger partial charge in [0.25, 0.3) is 11.8 Å². The molecule has 91 heavy (non-hydrogen) atoms. The van der Waals surface area contributed by atoms with E-state index in [2.05, 4.69) is 31.2 Å². The fourth-order valence-corrected chi connectivity index (χ4v) is 11.6. The third-order valence-corrected chi connectivity index (χ3v) is 16.8. The van der Waals surface area contributed by atoms with E-state index in [9.17, 15) is 57.5 Å². The smallest absolute Gasteiger partial charge is 0.329 e. The average Bonchev–Trinajstić information content (AvgIpc) is 2.99. The maximum absolute atomic E-state index is 14.9. The number of ether oxygens (including phenoxy) is 3. The van der Waals surface area contributed by atoms with Crippen molar-refractivity contribution in [2.75, 3.05) is 87.8 Å². The lowest BCUT2D eigenvalue weighted by Gasteiger charge is -2.37. The number of aromatic nitrogens is 2. The number of nitrogens with zero attached hydrogens (tertiary/aromatic N) is 8. The van der Waals surface area contributed by atoms with Crippen molar-refractivity contribution in [3.63, 3.8) is 0 Å². The number of methoxy groups -OCH3 is 1. The summed E-state index contributed by atoms with van der Waals surface area (Å²) in [4.78, 5) is 186. The summed E-state index contributed by atoms with van der Waals surface area (Å²) in [6.07, 6.45) is 2.16. The van der Waals surface area contributed by atoms with Crippen molar-refractivity contribution < 1.29 is 71.7 Å². The van der Waals surface area contributed by atoms with E-state index in [-0.39, 0.29) is 37.3 Å². The van der Waals surface area contributed by atoms with Gasteiger partial charge in [-0.3, -0.25) is 47.9 Å². The molecule has 7 rings (SSSR count). The highest BCUT2D eigenvalue weighted by Gasteiger charge is 2.42. The summed E-state index contributed by atoms with van der Waals surface area (Å²) in [5, 5.41) is 12.0. The summed E-state index contributed by atoms with van der Waals surface area (Å²) in [7, 11) is 6.81. The summed E-state index contributed by atoms with van der Waals surface area (Å²) in [6.45, 7) is 7.95. The molecular formula is C64H84N12O15. The zero-order chi connectivity index (χ0) is 66.7. The number of nitrogens with one attached hydrogen (secondary N) is 4. The molecule has 6 atom stereocenters. The van der Waals surface area contributed by atoms with Crippen molar-refractivity contribution in [1.29, 1.82) is 0 Å². The number of carbonyl (C=O) groups is 12. The summed E-state index contributed by atoms with van der Waals surface area (Å²) < 4.78 is 17.0. The van der Waals surface area contributed by atoms with Crippen LogP contribution in [0.15, 0.2) is 48.5 Å². The van der Waals surface area contributed by atoms with Gasteiger partial charge in [0.05, 0.1) is 44.3 Å². The molecule has 0 bridgehead atoms. The number of hydrogen-bond acceptors (Lipinski definition) is 17. The van der Waals surface area contributed by atoms with Gasteiger partial charge >= 0.3 is 11.9 Å². The lowest BCUT2D eigenvalue weighted by molar-refractivity contribution is -0.159. The Kier molecular flexibility index (Phi) is 23.2. The molecule has 10 amide bonds. The first-order valence-corrected chi connectivity index (χ1v) is 30.5. The van der Waals surface area contributed by atoms with Gasteiger partial charge in [0.1, 0.15) is 66.6 Å². The first-order chi connectivity index (χ1) is 43.1. The van der Waals surface area contributed by atoms with Gasteiger partial charge in [-0.05, 0) is 125 Å². The molecule has 3 fully saturated rings. The van der Waals surface area contributed by atoms with Crippen LogP contribution >= 0.6 is 0 Å². The van der Waals surface area contributed by atoms with Gasteiger partial charge in [-0.2, -0.15) is 0 Å². The molecule has 27 nitrogen and oxygen atoms in total. The number of piperidine rings is 2. The van der Waals surface area contributed by atoms with Crippen molar-refractivity contribution >= 4 is 92.8 Å². The second-order valence-corrected chi connectivity index (χ2v) is 24.3. The number of aryl methyl sites for hydroxylation is 3. The molecule has 0 saturated carbocycles. The zero-order valence-electron chi connectivity index (χ0n) is 53.8. The maximum atomic E-state index is 14.9. The number of pyridine rings is 2. The Morgan fingerprint density at radius 2 is 0.967 bits per heavy atom. The van der Waals surface area contributed by atoms with Crippen LogP contribution in [0.3, 0.4) is 0 Å². The summed E-state index contributed by atoms with van der Waals surface area (Å²) in [6, 6.07) is 5.84. The van der Waals surface area contributed by atoms with Crippen LogP contribution in [-0.4, -0.2) is 234 Å².